The number of hydrogen-bond acceptors (Lipinski definition) is 6. The molecule has 0 spiro atoms. The highest BCUT2D eigenvalue weighted by atomic mass is 35.5. The monoisotopic (exact) mass is 442 g/mol. The van der Waals surface area contributed by atoms with E-state index in [1.807, 2.05) is 0 Å². The standard InChI is InChI=1S/C19H20ClFN2O5S/c1-2-27-19(26)23-7-5-12(6-8-23)22-15(24)10-28-18(25)17-16(20)13-4-3-11(21)9-14(13)29-17/h3-4,9,12H,2,5-8,10H2,1H3,(H,22,24). The number of nitrogens with one attached hydrogen (secondary N) is 1. The maximum atomic E-state index is 13.3. The van der Waals surface area contributed by atoms with Crippen LogP contribution in [-0.4, -0.2) is 55.2 Å². The first-order valence-electron chi connectivity index (χ1n) is 9.14. The second kappa shape index (κ2) is 9.41. The number of halogens is 2. The third-order valence-corrected chi connectivity index (χ3v) is 6.13. The van der Waals surface area contributed by atoms with Gasteiger partial charge in [-0.15, -0.1) is 11.3 Å². The van der Waals surface area contributed by atoms with Crippen molar-refractivity contribution in [2.45, 2.75) is 25.8 Å². The number of hydrogen-bond donors (Lipinski definition) is 1. The van der Waals surface area contributed by atoms with E-state index in [0.29, 0.717) is 42.6 Å². The minimum Gasteiger partial charge on any atom is -0.451 e. The van der Waals surface area contributed by atoms with Crippen LogP contribution in [-0.2, 0) is 14.3 Å². The van der Waals surface area contributed by atoms with Gasteiger partial charge in [0, 0.05) is 29.2 Å². The predicted molar refractivity (Wildman–Crippen MR) is 107 cm³/mol. The van der Waals surface area contributed by atoms with Gasteiger partial charge in [0.05, 0.1) is 11.6 Å². The molecule has 3 rings (SSSR count). The summed E-state index contributed by atoms with van der Waals surface area (Å²) in [6.45, 7) is 2.58. The van der Waals surface area contributed by atoms with Crippen LogP contribution in [0.3, 0.4) is 0 Å². The maximum Gasteiger partial charge on any atom is 0.409 e. The lowest BCUT2D eigenvalue weighted by Crippen LogP contribution is -2.47. The smallest absolute Gasteiger partial charge is 0.409 e. The number of fused-ring (bicyclic) bond motifs is 1. The number of thiophene rings is 1. The van der Waals surface area contributed by atoms with Crippen molar-refractivity contribution < 1.29 is 28.2 Å². The Bertz CT molecular complexity index is 927. The van der Waals surface area contributed by atoms with E-state index in [4.69, 9.17) is 21.1 Å². The number of amides is 2. The first-order valence-corrected chi connectivity index (χ1v) is 10.3. The number of carbonyl (C=O) groups excluding carboxylic acids is 3. The van der Waals surface area contributed by atoms with E-state index in [1.165, 1.54) is 18.2 Å². The molecule has 0 atom stereocenters. The molecule has 7 nitrogen and oxygen atoms in total. The highest BCUT2D eigenvalue weighted by Gasteiger charge is 2.25. The van der Waals surface area contributed by atoms with Crippen molar-refractivity contribution in [3.05, 3.63) is 33.9 Å². The lowest BCUT2D eigenvalue weighted by atomic mass is 10.1. The maximum absolute atomic E-state index is 13.3. The van der Waals surface area contributed by atoms with Gasteiger partial charge in [0.25, 0.3) is 5.91 Å². The Balaban J connectivity index is 1.48. The normalized spacial score (nSPS) is 14.7. The highest BCUT2D eigenvalue weighted by molar-refractivity contribution is 7.21. The van der Waals surface area contributed by atoms with Crippen LogP contribution in [0.1, 0.15) is 29.4 Å². The van der Waals surface area contributed by atoms with Gasteiger partial charge in [-0.05, 0) is 38.0 Å². The van der Waals surface area contributed by atoms with E-state index in [-0.39, 0.29) is 22.0 Å². The quantitative estimate of drug-likeness (QED) is 0.715. The molecule has 1 N–H and O–H groups in total. The fourth-order valence-electron chi connectivity index (χ4n) is 3.06. The topological polar surface area (TPSA) is 84.9 Å². The SMILES string of the molecule is CCOC(=O)N1CCC(NC(=O)COC(=O)c2sc3cc(F)ccc3c2Cl)CC1. The summed E-state index contributed by atoms with van der Waals surface area (Å²) in [7, 11) is 0. The lowest BCUT2D eigenvalue weighted by molar-refractivity contribution is -0.125. The number of carbonyl (C=O) groups is 3. The van der Waals surface area contributed by atoms with E-state index in [1.54, 1.807) is 11.8 Å². The van der Waals surface area contributed by atoms with E-state index in [9.17, 15) is 18.8 Å². The van der Waals surface area contributed by atoms with E-state index < -0.39 is 24.3 Å². The molecular formula is C19H20ClFN2O5S. The van der Waals surface area contributed by atoms with Gasteiger partial charge in [-0.25, -0.2) is 14.0 Å². The van der Waals surface area contributed by atoms with Gasteiger partial charge in [0.1, 0.15) is 10.7 Å². The second-order valence-electron chi connectivity index (χ2n) is 6.49. The molecule has 0 aliphatic carbocycles. The number of ether oxygens (including phenoxy) is 2. The summed E-state index contributed by atoms with van der Waals surface area (Å²) in [5, 5.41) is 3.53. The predicted octanol–water partition coefficient (Wildman–Crippen LogP) is 3.59. The molecule has 1 aromatic heterocycles. The minimum atomic E-state index is -0.733. The molecular weight excluding hydrogens is 423 g/mol. The van der Waals surface area contributed by atoms with Crippen molar-refractivity contribution in [1.82, 2.24) is 10.2 Å². The fraction of sp³-hybridized carbons (Fsp3) is 0.421. The summed E-state index contributed by atoms with van der Waals surface area (Å²) >= 11 is 7.19. The summed E-state index contributed by atoms with van der Waals surface area (Å²) in [4.78, 5) is 37.8. The number of rotatable bonds is 5. The Hall–Kier alpha value is -2.39. The zero-order valence-corrected chi connectivity index (χ0v) is 17.3. The largest absolute Gasteiger partial charge is 0.451 e. The van der Waals surface area contributed by atoms with Gasteiger partial charge in [-0.1, -0.05) is 11.6 Å². The molecule has 1 aliphatic rings. The van der Waals surface area contributed by atoms with Gasteiger partial charge < -0.3 is 19.7 Å². The molecule has 2 aromatic rings. The zero-order chi connectivity index (χ0) is 21.0. The molecule has 1 aliphatic heterocycles. The van der Waals surface area contributed by atoms with Crippen LogP contribution in [0, 0.1) is 5.82 Å². The molecule has 10 heteroatoms. The Morgan fingerprint density at radius 3 is 2.69 bits per heavy atom. The van der Waals surface area contributed by atoms with Gasteiger partial charge in [0.15, 0.2) is 6.61 Å². The molecule has 0 radical (unpaired) electrons. The Kier molecular flexibility index (Phi) is 6.92. The van der Waals surface area contributed by atoms with Crippen molar-refractivity contribution >= 4 is 51.0 Å². The third kappa shape index (κ3) is 5.16. The molecule has 156 valence electrons. The van der Waals surface area contributed by atoms with Gasteiger partial charge in [-0.3, -0.25) is 4.79 Å². The zero-order valence-electron chi connectivity index (χ0n) is 15.7. The summed E-state index contributed by atoms with van der Waals surface area (Å²) in [5.74, 6) is -1.59. The molecule has 1 fully saturated rings. The molecule has 29 heavy (non-hydrogen) atoms. The summed E-state index contributed by atoms with van der Waals surface area (Å²) in [6, 6.07) is 3.94. The lowest BCUT2D eigenvalue weighted by Gasteiger charge is -2.31. The van der Waals surface area contributed by atoms with Crippen LogP contribution in [0.25, 0.3) is 10.1 Å². The van der Waals surface area contributed by atoms with Crippen molar-refractivity contribution in [2.75, 3.05) is 26.3 Å². The molecule has 0 saturated carbocycles. The van der Waals surface area contributed by atoms with Crippen LogP contribution >= 0.6 is 22.9 Å². The van der Waals surface area contributed by atoms with Gasteiger partial charge in [-0.2, -0.15) is 0 Å². The van der Waals surface area contributed by atoms with Crippen molar-refractivity contribution in [1.29, 1.82) is 0 Å². The number of esters is 1. The number of piperidine rings is 1. The first kappa shape index (κ1) is 21.3. The Morgan fingerprint density at radius 1 is 1.28 bits per heavy atom. The second-order valence-corrected chi connectivity index (χ2v) is 7.92. The van der Waals surface area contributed by atoms with Crippen LogP contribution in [0.4, 0.5) is 9.18 Å². The van der Waals surface area contributed by atoms with E-state index in [0.717, 1.165) is 11.3 Å². The van der Waals surface area contributed by atoms with Gasteiger partial charge in [0.2, 0.25) is 0 Å². The molecule has 1 aromatic carbocycles. The molecule has 0 unspecified atom stereocenters. The molecule has 2 amide bonds. The van der Waals surface area contributed by atoms with Crippen LogP contribution in [0.2, 0.25) is 5.02 Å². The number of benzene rings is 1. The van der Waals surface area contributed by atoms with Crippen molar-refractivity contribution in [2.24, 2.45) is 0 Å². The van der Waals surface area contributed by atoms with Crippen LogP contribution in [0.5, 0.6) is 0 Å². The minimum absolute atomic E-state index is 0.109. The number of nitrogens with zero attached hydrogens (tertiary/aromatic N) is 1. The molecule has 0 bridgehead atoms. The first-order chi connectivity index (χ1) is 13.9. The fourth-order valence-corrected chi connectivity index (χ4v) is 4.48. The molecule has 1 saturated heterocycles. The summed E-state index contributed by atoms with van der Waals surface area (Å²) < 4.78 is 23.9. The van der Waals surface area contributed by atoms with Crippen molar-refractivity contribution in [3.63, 3.8) is 0 Å². The number of likely N-dealkylation sites (tertiary alicyclic amines) is 1. The Morgan fingerprint density at radius 2 is 2.00 bits per heavy atom. The van der Waals surface area contributed by atoms with Crippen LogP contribution in [0.15, 0.2) is 18.2 Å². The average Bonchev–Trinajstić information content (AvgIpc) is 3.02. The van der Waals surface area contributed by atoms with E-state index in [2.05, 4.69) is 5.32 Å². The highest BCUT2D eigenvalue weighted by Crippen LogP contribution is 2.36. The third-order valence-electron chi connectivity index (χ3n) is 4.50. The Labute approximate surface area is 175 Å². The summed E-state index contributed by atoms with van der Waals surface area (Å²) in [5.41, 5.74) is 0. The average molecular weight is 443 g/mol. The van der Waals surface area contributed by atoms with E-state index >= 15 is 0 Å². The van der Waals surface area contributed by atoms with Crippen LogP contribution < -0.4 is 5.32 Å². The van der Waals surface area contributed by atoms with Crippen molar-refractivity contribution in [3.8, 4) is 0 Å². The summed E-state index contributed by atoms with van der Waals surface area (Å²) in [6.07, 6.45) is 0.824. The van der Waals surface area contributed by atoms with Gasteiger partial charge >= 0.3 is 12.1 Å². The molecule has 2 heterocycles.